The number of carbonyl (C=O) groups is 3. The van der Waals surface area contributed by atoms with Crippen LogP contribution in [0.3, 0.4) is 0 Å². The zero-order chi connectivity index (χ0) is 14.4. The normalized spacial score (nSPS) is 22.8. The van der Waals surface area contributed by atoms with Crippen molar-refractivity contribution in [3.8, 4) is 0 Å². The molecule has 0 aromatic heterocycles. The van der Waals surface area contributed by atoms with Crippen LogP contribution < -0.4 is 0 Å². The molecule has 0 aromatic carbocycles. The van der Waals surface area contributed by atoms with E-state index in [1.54, 1.807) is 0 Å². The second-order valence-electron chi connectivity index (χ2n) is 4.57. The molecular weight excluding hydrogens is 252 g/mol. The Labute approximate surface area is 112 Å². The van der Waals surface area contributed by atoms with Gasteiger partial charge in [0.15, 0.2) is 5.92 Å². The van der Waals surface area contributed by atoms with Gasteiger partial charge in [-0.05, 0) is 18.8 Å². The number of esters is 3. The van der Waals surface area contributed by atoms with Crippen LogP contribution in [0.5, 0.6) is 0 Å². The van der Waals surface area contributed by atoms with Gasteiger partial charge in [-0.15, -0.1) is 0 Å². The van der Waals surface area contributed by atoms with E-state index in [0.717, 1.165) is 12.8 Å². The molecule has 0 aliphatic carbocycles. The van der Waals surface area contributed by atoms with Crippen molar-refractivity contribution in [1.29, 1.82) is 0 Å². The van der Waals surface area contributed by atoms with E-state index in [-0.39, 0.29) is 18.3 Å². The molecule has 0 aromatic rings. The molecule has 0 N–H and O–H groups in total. The van der Waals surface area contributed by atoms with Crippen LogP contribution >= 0.6 is 0 Å². The van der Waals surface area contributed by atoms with Gasteiger partial charge in [0.25, 0.3) is 0 Å². The van der Waals surface area contributed by atoms with Crippen molar-refractivity contribution in [3.05, 3.63) is 0 Å². The number of cyclic esters (lactones) is 1. The molecular formula is C13H20O6. The highest BCUT2D eigenvalue weighted by Gasteiger charge is 2.39. The lowest BCUT2D eigenvalue weighted by atomic mass is 9.80. The van der Waals surface area contributed by atoms with Gasteiger partial charge < -0.3 is 14.2 Å². The number of rotatable bonds is 5. The molecule has 1 rings (SSSR count). The fourth-order valence-corrected chi connectivity index (χ4v) is 2.42. The molecule has 0 saturated carbocycles. The fraction of sp³-hybridized carbons (Fsp3) is 0.769. The van der Waals surface area contributed by atoms with Crippen molar-refractivity contribution in [1.82, 2.24) is 0 Å². The van der Waals surface area contributed by atoms with Crippen LogP contribution in [0.4, 0.5) is 0 Å². The highest BCUT2D eigenvalue weighted by molar-refractivity contribution is 5.95. The summed E-state index contributed by atoms with van der Waals surface area (Å²) in [6.45, 7) is 2.37. The van der Waals surface area contributed by atoms with Gasteiger partial charge in [-0.25, -0.2) is 0 Å². The van der Waals surface area contributed by atoms with Gasteiger partial charge in [-0.1, -0.05) is 13.3 Å². The lowest BCUT2D eigenvalue weighted by Gasteiger charge is -2.30. The van der Waals surface area contributed by atoms with E-state index in [4.69, 9.17) is 4.74 Å². The summed E-state index contributed by atoms with van der Waals surface area (Å²) in [5, 5.41) is 0. The van der Waals surface area contributed by atoms with Crippen molar-refractivity contribution in [3.63, 3.8) is 0 Å². The lowest BCUT2D eigenvalue weighted by molar-refractivity contribution is -0.164. The molecule has 0 bridgehead atoms. The van der Waals surface area contributed by atoms with Crippen LogP contribution in [0, 0.1) is 17.8 Å². The molecule has 19 heavy (non-hydrogen) atoms. The molecule has 1 aliphatic rings. The zero-order valence-electron chi connectivity index (χ0n) is 11.5. The van der Waals surface area contributed by atoms with E-state index in [2.05, 4.69) is 9.47 Å². The Morgan fingerprint density at radius 3 is 2.37 bits per heavy atom. The smallest absolute Gasteiger partial charge is 0.320 e. The molecule has 1 saturated heterocycles. The Hall–Kier alpha value is -1.59. The van der Waals surface area contributed by atoms with E-state index in [1.807, 2.05) is 6.92 Å². The summed E-state index contributed by atoms with van der Waals surface area (Å²) in [6.07, 6.45) is 1.63. The molecule has 0 amide bonds. The van der Waals surface area contributed by atoms with Gasteiger partial charge in [-0.3, -0.25) is 14.4 Å². The zero-order valence-corrected chi connectivity index (χ0v) is 11.5. The van der Waals surface area contributed by atoms with Crippen LogP contribution in [0.2, 0.25) is 0 Å². The van der Waals surface area contributed by atoms with Crippen LogP contribution in [-0.4, -0.2) is 38.7 Å². The van der Waals surface area contributed by atoms with Crippen molar-refractivity contribution < 1.29 is 28.6 Å². The van der Waals surface area contributed by atoms with Crippen molar-refractivity contribution in [2.75, 3.05) is 20.8 Å². The van der Waals surface area contributed by atoms with Crippen molar-refractivity contribution in [2.24, 2.45) is 17.8 Å². The first-order chi connectivity index (χ1) is 9.04. The first kappa shape index (κ1) is 15.5. The second-order valence-corrected chi connectivity index (χ2v) is 4.57. The predicted molar refractivity (Wildman–Crippen MR) is 65.0 cm³/mol. The minimum atomic E-state index is -1.07. The summed E-state index contributed by atoms with van der Waals surface area (Å²) in [4.78, 5) is 35.0. The summed E-state index contributed by atoms with van der Waals surface area (Å²) < 4.78 is 14.2. The molecule has 108 valence electrons. The Morgan fingerprint density at radius 1 is 1.32 bits per heavy atom. The Balaban J connectivity index is 2.83. The highest BCUT2D eigenvalue weighted by Crippen LogP contribution is 2.31. The fourth-order valence-electron chi connectivity index (χ4n) is 2.42. The maximum atomic E-state index is 11.8. The number of methoxy groups -OCH3 is 2. The molecule has 0 unspecified atom stereocenters. The minimum absolute atomic E-state index is 0.0800. The van der Waals surface area contributed by atoms with E-state index in [0.29, 0.717) is 6.61 Å². The highest BCUT2D eigenvalue weighted by atomic mass is 16.5. The lowest BCUT2D eigenvalue weighted by Crippen LogP contribution is -2.37. The summed E-state index contributed by atoms with van der Waals surface area (Å²) in [5.41, 5.74) is 0. The SMILES string of the molecule is CC[C@@H]1CCOC(=O)[C@H]1CC(C(=O)OC)C(=O)OC. The first-order valence-corrected chi connectivity index (χ1v) is 6.37. The number of carbonyl (C=O) groups excluding carboxylic acids is 3. The van der Waals surface area contributed by atoms with E-state index < -0.39 is 23.8 Å². The molecule has 2 atom stereocenters. The number of hydrogen-bond acceptors (Lipinski definition) is 6. The Bertz CT molecular complexity index is 335. The molecule has 0 radical (unpaired) electrons. The second kappa shape index (κ2) is 7.11. The molecule has 1 heterocycles. The average molecular weight is 272 g/mol. The van der Waals surface area contributed by atoms with Gasteiger partial charge in [0, 0.05) is 0 Å². The Kier molecular flexibility index (Phi) is 5.79. The molecule has 1 fully saturated rings. The molecule has 1 aliphatic heterocycles. The summed E-state index contributed by atoms with van der Waals surface area (Å²) in [7, 11) is 2.41. The van der Waals surface area contributed by atoms with Gasteiger partial charge in [0.05, 0.1) is 26.7 Å². The maximum Gasteiger partial charge on any atom is 0.320 e. The first-order valence-electron chi connectivity index (χ1n) is 6.37. The third-order valence-electron chi connectivity index (χ3n) is 3.59. The van der Waals surface area contributed by atoms with Crippen LogP contribution in [0.25, 0.3) is 0 Å². The number of ether oxygens (including phenoxy) is 3. The van der Waals surface area contributed by atoms with Gasteiger partial charge in [0.1, 0.15) is 0 Å². The number of hydrogen-bond donors (Lipinski definition) is 0. The monoisotopic (exact) mass is 272 g/mol. The summed E-state index contributed by atoms with van der Waals surface area (Å²) in [6, 6.07) is 0. The van der Waals surface area contributed by atoms with Crippen LogP contribution in [0.1, 0.15) is 26.2 Å². The third kappa shape index (κ3) is 3.68. The molecule has 6 heteroatoms. The van der Waals surface area contributed by atoms with Crippen LogP contribution in [-0.2, 0) is 28.6 Å². The molecule has 0 spiro atoms. The summed E-state index contributed by atoms with van der Waals surface area (Å²) >= 11 is 0. The van der Waals surface area contributed by atoms with Crippen molar-refractivity contribution >= 4 is 17.9 Å². The van der Waals surface area contributed by atoms with E-state index in [9.17, 15) is 14.4 Å². The van der Waals surface area contributed by atoms with Gasteiger partial charge in [-0.2, -0.15) is 0 Å². The van der Waals surface area contributed by atoms with E-state index in [1.165, 1.54) is 14.2 Å². The van der Waals surface area contributed by atoms with E-state index >= 15 is 0 Å². The van der Waals surface area contributed by atoms with Gasteiger partial charge >= 0.3 is 17.9 Å². The van der Waals surface area contributed by atoms with Crippen molar-refractivity contribution in [2.45, 2.75) is 26.2 Å². The topological polar surface area (TPSA) is 78.9 Å². The molecule has 6 nitrogen and oxygen atoms in total. The minimum Gasteiger partial charge on any atom is -0.468 e. The standard InChI is InChI=1S/C13H20O6/c1-4-8-5-6-19-13(16)9(8)7-10(11(14)17-2)12(15)18-3/h8-10H,4-7H2,1-3H3/t8-,9+/m1/s1. The quantitative estimate of drug-likeness (QED) is 0.421. The predicted octanol–water partition coefficient (Wildman–Crippen LogP) is 0.928. The Morgan fingerprint density at radius 2 is 1.89 bits per heavy atom. The van der Waals surface area contributed by atoms with Crippen LogP contribution in [0.15, 0.2) is 0 Å². The average Bonchev–Trinajstić information content (AvgIpc) is 2.44. The summed E-state index contributed by atoms with van der Waals surface area (Å²) in [5.74, 6) is -3.12. The maximum absolute atomic E-state index is 11.8. The largest absolute Gasteiger partial charge is 0.468 e. The van der Waals surface area contributed by atoms with Gasteiger partial charge in [0.2, 0.25) is 0 Å². The third-order valence-corrected chi connectivity index (χ3v) is 3.59.